The van der Waals surface area contributed by atoms with Crippen molar-refractivity contribution >= 4 is 5.91 Å². The molecule has 0 bridgehead atoms. The van der Waals surface area contributed by atoms with Gasteiger partial charge >= 0.3 is 0 Å². The molecule has 0 aromatic heterocycles. The molecule has 1 N–H and O–H groups in total. The fourth-order valence-electron chi connectivity index (χ4n) is 3.35. The number of hydrogen-bond acceptors (Lipinski definition) is 2. The number of nitrogens with one attached hydrogen (secondary N) is 1. The Morgan fingerprint density at radius 3 is 2.79 bits per heavy atom. The number of amides is 1. The number of nitrogens with zero attached hydrogens (tertiary/aromatic N) is 1. The second-order valence-electron chi connectivity index (χ2n) is 5.80. The molecule has 3 heteroatoms. The molecule has 19 heavy (non-hydrogen) atoms. The van der Waals surface area contributed by atoms with Crippen molar-refractivity contribution in [3.05, 3.63) is 35.4 Å². The third-order valence-corrected chi connectivity index (χ3v) is 4.63. The van der Waals surface area contributed by atoms with Crippen molar-refractivity contribution in [2.24, 2.45) is 5.92 Å². The molecule has 3 nitrogen and oxygen atoms in total. The van der Waals surface area contributed by atoms with E-state index in [4.69, 9.17) is 0 Å². The van der Waals surface area contributed by atoms with Gasteiger partial charge in [-0.25, -0.2) is 0 Å². The molecule has 0 spiro atoms. The van der Waals surface area contributed by atoms with Crippen LogP contribution in [0.2, 0.25) is 0 Å². The van der Waals surface area contributed by atoms with Crippen molar-refractivity contribution in [2.75, 3.05) is 20.1 Å². The van der Waals surface area contributed by atoms with Crippen molar-refractivity contribution in [2.45, 2.75) is 31.7 Å². The highest BCUT2D eigenvalue weighted by atomic mass is 16.2. The average molecular weight is 258 g/mol. The molecule has 1 aliphatic heterocycles. The minimum atomic E-state index is 0.181. The Hall–Kier alpha value is -1.35. The number of carbonyl (C=O) groups excluding carboxylic acids is 1. The number of hydrogen-bond donors (Lipinski definition) is 1. The largest absolute Gasteiger partial charge is 0.341 e. The predicted molar refractivity (Wildman–Crippen MR) is 76.0 cm³/mol. The molecule has 2 atom stereocenters. The molecule has 1 aromatic carbocycles. The molecule has 1 fully saturated rings. The summed E-state index contributed by atoms with van der Waals surface area (Å²) in [7, 11) is 1.97. The van der Waals surface area contributed by atoms with Gasteiger partial charge in [0.15, 0.2) is 0 Å². The second kappa shape index (κ2) is 5.33. The number of benzene rings is 1. The van der Waals surface area contributed by atoms with Crippen LogP contribution in [0.25, 0.3) is 0 Å². The molecular weight excluding hydrogens is 236 g/mol. The molecule has 1 aromatic rings. The van der Waals surface area contributed by atoms with Gasteiger partial charge in [-0.2, -0.15) is 0 Å². The van der Waals surface area contributed by atoms with Crippen LogP contribution in [0.4, 0.5) is 0 Å². The Morgan fingerprint density at radius 1 is 1.26 bits per heavy atom. The molecule has 1 saturated heterocycles. The summed E-state index contributed by atoms with van der Waals surface area (Å²) in [6.45, 7) is 1.99. The number of aryl methyl sites for hydroxylation is 1. The Labute approximate surface area is 115 Å². The van der Waals surface area contributed by atoms with Gasteiger partial charge in [0.1, 0.15) is 0 Å². The van der Waals surface area contributed by atoms with E-state index in [1.807, 2.05) is 11.9 Å². The van der Waals surface area contributed by atoms with Gasteiger partial charge in [0, 0.05) is 25.6 Å². The highest BCUT2D eigenvalue weighted by molar-refractivity contribution is 5.79. The van der Waals surface area contributed by atoms with E-state index in [-0.39, 0.29) is 5.92 Å². The summed E-state index contributed by atoms with van der Waals surface area (Å²) < 4.78 is 0. The van der Waals surface area contributed by atoms with Crippen molar-refractivity contribution in [1.29, 1.82) is 0 Å². The molecule has 0 saturated carbocycles. The van der Waals surface area contributed by atoms with E-state index >= 15 is 0 Å². The molecule has 1 heterocycles. The van der Waals surface area contributed by atoms with Gasteiger partial charge < -0.3 is 10.2 Å². The van der Waals surface area contributed by atoms with Crippen LogP contribution in [0.3, 0.4) is 0 Å². The summed E-state index contributed by atoms with van der Waals surface area (Å²) in [5.74, 6) is 0.517. The monoisotopic (exact) mass is 258 g/mol. The van der Waals surface area contributed by atoms with Gasteiger partial charge in [0.25, 0.3) is 0 Å². The van der Waals surface area contributed by atoms with E-state index in [0.717, 1.165) is 38.8 Å². The van der Waals surface area contributed by atoms with E-state index in [1.165, 1.54) is 11.1 Å². The van der Waals surface area contributed by atoms with Crippen LogP contribution in [0.5, 0.6) is 0 Å². The fraction of sp³-hybridized carbons (Fsp3) is 0.562. The summed E-state index contributed by atoms with van der Waals surface area (Å²) in [6, 6.07) is 8.94. The van der Waals surface area contributed by atoms with Gasteiger partial charge in [-0.15, -0.1) is 0 Å². The lowest BCUT2D eigenvalue weighted by Gasteiger charge is -2.31. The van der Waals surface area contributed by atoms with Crippen LogP contribution >= 0.6 is 0 Å². The maximum absolute atomic E-state index is 12.6. The average Bonchev–Trinajstić information content (AvgIpc) is 2.99. The quantitative estimate of drug-likeness (QED) is 0.874. The summed E-state index contributed by atoms with van der Waals surface area (Å²) in [4.78, 5) is 14.6. The van der Waals surface area contributed by atoms with E-state index in [9.17, 15) is 4.79 Å². The van der Waals surface area contributed by atoms with Crippen molar-refractivity contribution < 1.29 is 4.79 Å². The SMILES string of the molecule is CN(C(=O)C1CCc2ccccc2C1)C1CCNC1. The van der Waals surface area contributed by atoms with Crippen LogP contribution in [0.1, 0.15) is 24.0 Å². The molecule has 2 aliphatic rings. The van der Waals surface area contributed by atoms with Crippen molar-refractivity contribution in [1.82, 2.24) is 10.2 Å². The lowest BCUT2D eigenvalue weighted by atomic mass is 9.83. The standard InChI is InChI=1S/C16H22N2O/c1-18(15-8-9-17-11-15)16(19)14-7-6-12-4-2-3-5-13(12)10-14/h2-5,14-15,17H,6-11H2,1H3. The minimum absolute atomic E-state index is 0.181. The first-order valence-corrected chi connectivity index (χ1v) is 7.30. The first-order chi connectivity index (χ1) is 9.25. The maximum Gasteiger partial charge on any atom is 0.226 e. The van der Waals surface area contributed by atoms with Crippen LogP contribution in [-0.4, -0.2) is 37.0 Å². The summed E-state index contributed by atoms with van der Waals surface area (Å²) in [5, 5.41) is 3.33. The summed E-state index contributed by atoms with van der Waals surface area (Å²) >= 11 is 0. The molecule has 1 aliphatic carbocycles. The highest BCUT2D eigenvalue weighted by Crippen LogP contribution is 2.27. The van der Waals surface area contributed by atoms with E-state index < -0.39 is 0 Å². The Morgan fingerprint density at radius 2 is 2.05 bits per heavy atom. The number of fused-ring (bicyclic) bond motifs is 1. The Kier molecular flexibility index (Phi) is 3.56. The first kappa shape index (κ1) is 12.7. The van der Waals surface area contributed by atoms with Crippen LogP contribution in [0, 0.1) is 5.92 Å². The van der Waals surface area contributed by atoms with Crippen LogP contribution in [0.15, 0.2) is 24.3 Å². The van der Waals surface area contributed by atoms with E-state index in [2.05, 4.69) is 29.6 Å². The van der Waals surface area contributed by atoms with Gasteiger partial charge in [-0.1, -0.05) is 24.3 Å². The maximum atomic E-state index is 12.6. The van der Waals surface area contributed by atoms with Crippen LogP contribution in [-0.2, 0) is 17.6 Å². The molecule has 2 unspecified atom stereocenters. The highest BCUT2D eigenvalue weighted by Gasteiger charge is 2.30. The third-order valence-electron chi connectivity index (χ3n) is 4.63. The van der Waals surface area contributed by atoms with Crippen LogP contribution < -0.4 is 5.32 Å². The van der Waals surface area contributed by atoms with E-state index in [1.54, 1.807) is 0 Å². The molecule has 1 amide bonds. The predicted octanol–water partition coefficient (Wildman–Crippen LogP) is 1.61. The zero-order chi connectivity index (χ0) is 13.2. The van der Waals surface area contributed by atoms with Crippen molar-refractivity contribution in [3.8, 4) is 0 Å². The lowest BCUT2D eigenvalue weighted by molar-refractivity contribution is -0.136. The second-order valence-corrected chi connectivity index (χ2v) is 5.80. The summed E-state index contributed by atoms with van der Waals surface area (Å²) in [6.07, 6.45) is 4.05. The Balaban J connectivity index is 1.68. The molecular formula is C16H22N2O. The zero-order valence-electron chi connectivity index (χ0n) is 11.6. The van der Waals surface area contributed by atoms with Gasteiger partial charge in [0.05, 0.1) is 0 Å². The van der Waals surface area contributed by atoms with Crippen molar-refractivity contribution in [3.63, 3.8) is 0 Å². The van der Waals surface area contributed by atoms with Gasteiger partial charge in [0.2, 0.25) is 5.91 Å². The Bertz CT molecular complexity index is 466. The smallest absolute Gasteiger partial charge is 0.226 e. The molecule has 102 valence electrons. The number of carbonyl (C=O) groups is 1. The van der Waals surface area contributed by atoms with E-state index in [0.29, 0.717) is 11.9 Å². The third kappa shape index (κ3) is 2.52. The lowest BCUT2D eigenvalue weighted by Crippen LogP contribution is -2.43. The minimum Gasteiger partial charge on any atom is -0.341 e. The zero-order valence-corrected chi connectivity index (χ0v) is 11.6. The normalized spacial score (nSPS) is 25.9. The molecule has 3 rings (SSSR count). The topological polar surface area (TPSA) is 32.3 Å². The van der Waals surface area contributed by atoms with Gasteiger partial charge in [-0.3, -0.25) is 4.79 Å². The molecule has 0 radical (unpaired) electrons. The van der Waals surface area contributed by atoms with Gasteiger partial charge in [-0.05, 0) is 43.4 Å². The number of likely N-dealkylation sites (N-methyl/N-ethyl adjacent to an activating group) is 1. The number of rotatable bonds is 2. The summed E-state index contributed by atoms with van der Waals surface area (Å²) in [5.41, 5.74) is 2.79. The first-order valence-electron chi connectivity index (χ1n) is 7.30. The fourth-order valence-corrected chi connectivity index (χ4v) is 3.35.